The van der Waals surface area contributed by atoms with Crippen molar-refractivity contribution in [3.8, 4) is 0 Å². The van der Waals surface area contributed by atoms with Crippen molar-refractivity contribution in [3.05, 3.63) is 83.0 Å². The van der Waals surface area contributed by atoms with Gasteiger partial charge in [-0.1, -0.05) is 37.0 Å². The summed E-state index contributed by atoms with van der Waals surface area (Å²) in [6, 6.07) is 0.314. The van der Waals surface area contributed by atoms with E-state index in [2.05, 4.69) is 36.2 Å². The van der Waals surface area contributed by atoms with Crippen LogP contribution in [0, 0.1) is 5.92 Å². The molecule has 4 aliphatic rings. The molecule has 116 valence electrons. The molecule has 0 aromatic carbocycles. The molecule has 3 heteroatoms. The van der Waals surface area contributed by atoms with E-state index in [9.17, 15) is 4.79 Å². The molecule has 2 aliphatic carbocycles. The van der Waals surface area contributed by atoms with E-state index in [4.69, 9.17) is 4.74 Å². The Morgan fingerprint density at radius 1 is 1.30 bits per heavy atom. The molecular formula is C20H19NO2. The van der Waals surface area contributed by atoms with Crippen molar-refractivity contribution in [1.29, 1.82) is 0 Å². The van der Waals surface area contributed by atoms with Gasteiger partial charge in [-0.25, -0.2) is 0 Å². The minimum absolute atomic E-state index is 0.128. The van der Waals surface area contributed by atoms with Crippen molar-refractivity contribution in [2.24, 2.45) is 5.92 Å². The first-order chi connectivity index (χ1) is 11.2. The van der Waals surface area contributed by atoms with Gasteiger partial charge in [0, 0.05) is 11.6 Å². The van der Waals surface area contributed by atoms with Gasteiger partial charge in [0.1, 0.15) is 5.76 Å². The smallest absolute Gasteiger partial charge is 0.231 e. The van der Waals surface area contributed by atoms with E-state index >= 15 is 0 Å². The highest BCUT2D eigenvalue weighted by Gasteiger charge is 2.34. The SMILES string of the molecule is C=C1C(=O)/C(=C\C2=CC3C4=CCCC=C4NC3C=C2)O/C1=C\C. The largest absolute Gasteiger partial charge is 0.453 e. The molecule has 0 spiro atoms. The molecule has 2 fully saturated rings. The quantitative estimate of drug-likeness (QED) is 0.752. The number of hydrogen-bond acceptors (Lipinski definition) is 3. The van der Waals surface area contributed by atoms with E-state index in [0.717, 1.165) is 18.4 Å². The topological polar surface area (TPSA) is 38.3 Å². The summed E-state index contributed by atoms with van der Waals surface area (Å²) in [6.07, 6.45) is 16.8. The lowest BCUT2D eigenvalue weighted by Crippen LogP contribution is -2.24. The Morgan fingerprint density at radius 3 is 2.91 bits per heavy atom. The standard InChI is InChI=1S/C20H19NO2/c1-3-18-12(2)20(22)19(23-18)11-13-8-9-17-15(10-13)14-6-4-5-7-16(14)21-17/h3,6-11,15,17,21H,2,4-5H2,1H3/b18-3-,19-11+. The van der Waals surface area contributed by atoms with Crippen LogP contribution >= 0.6 is 0 Å². The lowest BCUT2D eigenvalue weighted by atomic mass is 9.86. The molecule has 23 heavy (non-hydrogen) atoms. The van der Waals surface area contributed by atoms with E-state index in [1.54, 1.807) is 6.08 Å². The van der Waals surface area contributed by atoms with Gasteiger partial charge >= 0.3 is 0 Å². The summed E-state index contributed by atoms with van der Waals surface area (Å²) in [4.78, 5) is 12.2. The van der Waals surface area contributed by atoms with Crippen molar-refractivity contribution in [1.82, 2.24) is 5.32 Å². The first kappa shape index (κ1) is 14.1. The zero-order chi connectivity index (χ0) is 16.0. The highest BCUT2D eigenvalue weighted by molar-refractivity contribution is 6.12. The van der Waals surface area contributed by atoms with Gasteiger partial charge in [-0.15, -0.1) is 0 Å². The van der Waals surface area contributed by atoms with Crippen molar-refractivity contribution >= 4 is 5.78 Å². The summed E-state index contributed by atoms with van der Waals surface area (Å²) in [6.45, 7) is 5.63. The second-order valence-corrected chi connectivity index (χ2v) is 6.15. The third-order valence-electron chi connectivity index (χ3n) is 4.70. The summed E-state index contributed by atoms with van der Waals surface area (Å²) in [7, 11) is 0. The highest BCUT2D eigenvalue weighted by atomic mass is 16.5. The normalized spacial score (nSPS) is 32.1. The predicted molar refractivity (Wildman–Crippen MR) is 90.1 cm³/mol. The number of fused-ring (bicyclic) bond motifs is 3. The summed E-state index contributed by atoms with van der Waals surface area (Å²) in [5.41, 5.74) is 4.08. The van der Waals surface area contributed by atoms with Crippen LogP contribution < -0.4 is 5.32 Å². The average molecular weight is 305 g/mol. The highest BCUT2D eigenvalue weighted by Crippen LogP contribution is 2.38. The Kier molecular flexibility index (Phi) is 3.22. The Balaban J connectivity index is 1.65. The van der Waals surface area contributed by atoms with Gasteiger partial charge in [-0.05, 0) is 43.1 Å². The van der Waals surface area contributed by atoms with Crippen LogP contribution in [0.3, 0.4) is 0 Å². The molecule has 0 radical (unpaired) electrons. The van der Waals surface area contributed by atoms with Crippen LogP contribution in [0.15, 0.2) is 83.0 Å². The first-order valence-electron chi connectivity index (χ1n) is 8.04. The molecule has 2 heterocycles. The Labute approximate surface area is 136 Å². The van der Waals surface area contributed by atoms with Crippen molar-refractivity contribution < 1.29 is 9.53 Å². The Morgan fingerprint density at radius 2 is 2.13 bits per heavy atom. The van der Waals surface area contributed by atoms with Crippen molar-refractivity contribution in [2.75, 3.05) is 0 Å². The second-order valence-electron chi connectivity index (χ2n) is 6.15. The van der Waals surface area contributed by atoms with Crippen LogP contribution in [0.4, 0.5) is 0 Å². The summed E-state index contributed by atoms with van der Waals surface area (Å²) >= 11 is 0. The summed E-state index contributed by atoms with van der Waals surface area (Å²) in [5.74, 6) is 1.12. The zero-order valence-electron chi connectivity index (χ0n) is 13.1. The third-order valence-corrected chi connectivity index (χ3v) is 4.70. The van der Waals surface area contributed by atoms with Crippen molar-refractivity contribution in [2.45, 2.75) is 25.8 Å². The molecule has 0 saturated carbocycles. The van der Waals surface area contributed by atoms with Crippen LogP contribution in [0.5, 0.6) is 0 Å². The maximum atomic E-state index is 12.2. The maximum Gasteiger partial charge on any atom is 0.231 e. The van der Waals surface area contributed by atoms with E-state index in [-0.39, 0.29) is 5.78 Å². The number of carbonyl (C=O) groups is 1. The van der Waals surface area contributed by atoms with Gasteiger partial charge in [0.15, 0.2) is 5.76 Å². The number of hydrogen-bond donors (Lipinski definition) is 1. The molecule has 2 atom stereocenters. The molecule has 2 unspecified atom stereocenters. The van der Waals surface area contributed by atoms with E-state index in [1.807, 2.05) is 19.1 Å². The summed E-state index contributed by atoms with van der Waals surface area (Å²) < 4.78 is 5.61. The molecule has 3 nitrogen and oxygen atoms in total. The van der Waals surface area contributed by atoms with Gasteiger partial charge in [0.25, 0.3) is 0 Å². The molecule has 4 rings (SSSR count). The fourth-order valence-electron chi connectivity index (χ4n) is 3.52. The number of ether oxygens (including phenoxy) is 1. The lowest BCUT2D eigenvalue weighted by molar-refractivity contribution is -0.112. The molecule has 2 aliphatic heterocycles. The monoisotopic (exact) mass is 305 g/mol. The van der Waals surface area contributed by atoms with Gasteiger partial charge in [0.05, 0.1) is 11.6 Å². The van der Waals surface area contributed by atoms with Crippen LogP contribution in [0.1, 0.15) is 19.8 Å². The number of Topliss-reactive ketones (excluding diaryl/α,β-unsaturated/α-hetero) is 1. The number of rotatable bonds is 1. The molecule has 0 aromatic heterocycles. The number of ketones is 1. The van der Waals surface area contributed by atoms with E-state index < -0.39 is 0 Å². The van der Waals surface area contributed by atoms with E-state index in [0.29, 0.717) is 29.1 Å². The first-order valence-corrected chi connectivity index (χ1v) is 8.04. The molecule has 0 aromatic rings. The maximum absolute atomic E-state index is 12.2. The summed E-state index contributed by atoms with van der Waals surface area (Å²) in [5, 5.41) is 3.56. The van der Waals surface area contributed by atoms with Crippen molar-refractivity contribution in [3.63, 3.8) is 0 Å². The number of carbonyl (C=O) groups excluding carboxylic acids is 1. The molecular weight excluding hydrogens is 286 g/mol. The zero-order valence-corrected chi connectivity index (χ0v) is 13.1. The Hall–Kier alpha value is -2.55. The molecule has 2 saturated heterocycles. The van der Waals surface area contributed by atoms with Gasteiger partial charge < -0.3 is 10.1 Å². The van der Waals surface area contributed by atoms with Crippen LogP contribution in [0.2, 0.25) is 0 Å². The van der Waals surface area contributed by atoms with Gasteiger partial charge in [-0.2, -0.15) is 0 Å². The number of nitrogens with one attached hydrogen (secondary N) is 1. The van der Waals surface area contributed by atoms with Crippen LogP contribution in [-0.4, -0.2) is 11.8 Å². The Bertz CT molecular complexity index is 786. The van der Waals surface area contributed by atoms with Crippen LogP contribution in [-0.2, 0) is 9.53 Å². The molecule has 1 N–H and O–H groups in total. The fraction of sp³-hybridized carbons (Fsp3) is 0.250. The lowest BCUT2D eigenvalue weighted by Gasteiger charge is -2.18. The van der Waals surface area contributed by atoms with Gasteiger partial charge in [0.2, 0.25) is 5.78 Å². The predicted octanol–water partition coefficient (Wildman–Crippen LogP) is 3.62. The minimum atomic E-state index is -0.128. The molecule has 0 bridgehead atoms. The average Bonchev–Trinajstić information content (AvgIpc) is 3.07. The van der Waals surface area contributed by atoms with Crippen LogP contribution in [0.25, 0.3) is 0 Å². The van der Waals surface area contributed by atoms with E-state index in [1.165, 1.54) is 11.3 Å². The third kappa shape index (κ3) is 2.24. The second kappa shape index (κ2) is 5.27. The minimum Gasteiger partial charge on any atom is -0.453 e. The number of allylic oxidation sites excluding steroid dienone is 9. The van der Waals surface area contributed by atoms with Gasteiger partial charge in [-0.3, -0.25) is 4.79 Å². The molecule has 0 amide bonds. The fourth-order valence-corrected chi connectivity index (χ4v) is 3.52.